The summed E-state index contributed by atoms with van der Waals surface area (Å²) in [5.41, 5.74) is -0.786. The minimum absolute atomic E-state index is 0.0537. The number of rotatable bonds is 38. The molecular formula is C47H86N4O6S2Si. The molecule has 0 saturated carbocycles. The van der Waals surface area contributed by atoms with Crippen LogP contribution in [0.3, 0.4) is 0 Å². The van der Waals surface area contributed by atoms with E-state index in [4.69, 9.17) is 14.3 Å². The molecule has 0 heterocycles. The van der Waals surface area contributed by atoms with Crippen molar-refractivity contribution in [3.63, 3.8) is 0 Å². The molecule has 0 aromatic heterocycles. The number of aliphatic hydroxyl groups is 1. The van der Waals surface area contributed by atoms with Gasteiger partial charge in [-0.05, 0) is 102 Å². The molecule has 13 heteroatoms. The molecule has 0 bridgehead atoms. The highest BCUT2D eigenvalue weighted by Crippen LogP contribution is 2.40. The van der Waals surface area contributed by atoms with Crippen LogP contribution in [-0.4, -0.2) is 106 Å². The molecular weight excluding hydrogens is 809 g/mol. The fraction of sp³-hybridized carbons (Fsp3) is 0.723. The maximum atomic E-state index is 13.7. The summed E-state index contributed by atoms with van der Waals surface area (Å²) in [6.45, 7) is 21.6. The van der Waals surface area contributed by atoms with Crippen molar-refractivity contribution in [2.24, 2.45) is 5.41 Å². The van der Waals surface area contributed by atoms with E-state index in [0.717, 1.165) is 101 Å². The topological polar surface area (TPSA) is 138 Å². The average Bonchev–Trinajstić information content (AvgIpc) is 3.19. The number of hydrogen-bond acceptors (Lipinski definition) is 10. The number of esters is 1. The Balaban J connectivity index is 4.51. The zero-order valence-corrected chi connectivity index (χ0v) is 41.6. The summed E-state index contributed by atoms with van der Waals surface area (Å²) in [5.74, 6) is 1.21. The van der Waals surface area contributed by atoms with E-state index in [1.165, 1.54) is 0 Å². The number of allylic oxidation sites excluding steroid dienone is 10. The second-order valence-electron chi connectivity index (χ2n) is 17.1. The maximum absolute atomic E-state index is 13.7. The van der Waals surface area contributed by atoms with Gasteiger partial charge in [0.2, 0.25) is 11.8 Å². The molecule has 0 spiro atoms. The molecule has 0 radical (unpaired) electrons. The van der Waals surface area contributed by atoms with Gasteiger partial charge < -0.3 is 35.5 Å². The van der Waals surface area contributed by atoms with Gasteiger partial charge in [-0.3, -0.25) is 14.4 Å². The van der Waals surface area contributed by atoms with Crippen molar-refractivity contribution in [1.29, 1.82) is 0 Å². The second kappa shape index (κ2) is 37.4. The number of carbonyl (C=O) groups is 3. The van der Waals surface area contributed by atoms with Crippen LogP contribution in [0, 0.1) is 5.41 Å². The summed E-state index contributed by atoms with van der Waals surface area (Å²) in [5, 5.41) is 22.4. The third-order valence-corrected chi connectivity index (χ3v) is 16.7. The van der Waals surface area contributed by atoms with Crippen LogP contribution in [0.25, 0.3) is 0 Å². The van der Waals surface area contributed by atoms with Gasteiger partial charge >= 0.3 is 5.97 Å². The Hall–Kier alpha value is -2.13. The number of carbonyl (C=O) groups excluding carboxylic acids is 3. The van der Waals surface area contributed by atoms with E-state index in [9.17, 15) is 14.4 Å². The summed E-state index contributed by atoms with van der Waals surface area (Å²) in [7, 11) is -2.38. The Morgan fingerprint density at radius 1 is 0.667 bits per heavy atom. The Labute approximate surface area is 376 Å². The highest BCUT2D eigenvalue weighted by atomic mass is 32.2. The number of ether oxygens (including phenoxy) is 1. The summed E-state index contributed by atoms with van der Waals surface area (Å²) < 4.78 is 12.4. The first-order chi connectivity index (χ1) is 28.7. The zero-order valence-electron chi connectivity index (χ0n) is 38.9. The van der Waals surface area contributed by atoms with E-state index >= 15 is 0 Å². The molecule has 346 valence electrons. The van der Waals surface area contributed by atoms with Crippen LogP contribution in [0.5, 0.6) is 0 Å². The first-order valence-corrected chi connectivity index (χ1v) is 27.7. The van der Waals surface area contributed by atoms with E-state index in [2.05, 4.69) is 123 Å². The number of unbranched alkanes of at least 4 members (excludes halogenated alkanes) is 2. The van der Waals surface area contributed by atoms with Crippen molar-refractivity contribution in [2.75, 3.05) is 69.1 Å². The fourth-order valence-corrected chi connectivity index (χ4v) is 8.52. The molecule has 0 unspecified atom stereocenters. The highest BCUT2D eigenvalue weighted by Gasteiger charge is 2.46. The van der Waals surface area contributed by atoms with Crippen molar-refractivity contribution in [3.8, 4) is 0 Å². The van der Waals surface area contributed by atoms with E-state index in [-0.39, 0.29) is 49.0 Å². The van der Waals surface area contributed by atoms with E-state index in [0.29, 0.717) is 19.4 Å². The Morgan fingerprint density at radius 3 is 1.80 bits per heavy atom. The van der Waals surface area contributed by atoms with Gasteiger partial charge in [0.05, 0.1) is 6.61 Å². The molecule has 2 amide bonds. The standard InChI is InChI=1S/C47H86N4O6S2Si/c1-9-10-11-12-13-14-15-16-17-18-19-20-21-22-23-24-25-29-43(54)56-40-47(5,6)44(57-60(7,8)46(2,3)4)45(55)51-34-30-42(53)50-36-39-59-41-58-38-35-49-33-28-32-48-31-26-27-37-52/h10-11,13-14,16-17,19-20,22-23,44,48-49,52H,9,12,15,18,21,24-41H2,1-8H3,(H,50,53)(H,51,55)/b11-10-,14-13-,17-16-,20-19-,23-22-/t44-/m0/s1. The molecule has 10 nitrogen and oxygen atoms in total. The van der Waals surface area contributed by atoms with Crippen LogP contribution in [0.1, 0.15) is 119 Å². The molecule has 0 aromatic rings. The van der Waals surface area contributed by atoms with Crippen LogP contribution in [0.2, 0.25) is 18.1 Å². The summed E-state index contributed by atoms with van der Waals surface area (Å²) in [6.07, 6.45) is 30.6. The van der Waals surface area contributed by atoms with E-state index in [1.807, 2.05) is 25.6 Å². The lowest BCUT2D eigenvalue weighted by Crippen LogP contribution is -2.55. The van der Waals surface area contributed by atoms with Crippen molar-refractivity contribution >= 4 is 49.6 Å². The lowest BCUT2D eigenvalue weighted by molar-refractivity contribution is -0.152. The Kier molecular flexibility index (Phi) is 36.1. The third kappa shape index (κ3) is 33.5. The van der Waals surface area contributed by atoms with E-state index in [1.54, 1.807) is 11.8 Å². The summed E-state index contributed by atoms with van der Waals surface area (Å²) in [6, 6.07) is 0. The molecule has 0 saturated heterocycles. The molecule has 0 aliphatic carbocycles. The number of thioether (sulfide) groups is 2. The van der Waals surface area contributed by atoms with Gasteiger partial charge in [0.25, 0.3) is 0 Å². The molecule has 5 N–H and O–H groups in total. The van der Waals surface area contributed by atoms with Gasteiger partial charge in [-0.25, -0.2) is 0 Å². The largest absolute Gasteiger partial charge is 0.465 e. The third-order valence-electron chi connectivity index (χ3n) is 9.96. The summed E-state index contributed by atoms with van der Waals surface area (Å²) >= 11 is 3.69. The molecule has 0 aliphatic heterocycles. The maximum Gasteiger partial charge on any atom is 0.305 e. The number of aliphatic hydroxyl groups excluding tert-OH is 1. The smallest absolute Gasteiger partial charge is 0.305 e. The predicted octanol–water partition coefficient (Wildman–Crippen LogP) is 9.26. The lowest BCUT2D eigenvalue weighted by Gasteiger charge is -2.43. The SMILES string of the molecule is CC/C=C\C/C=C\C/C=C\C/C=C\C/C=C\CCCC(=O)OCC(C)(C)[C@@H](O[Si](C)(C)C(C)(C)C)C(=O)NCCC(=O)NCCSCSCCNCCCNCCCCO. The minimum Gasteiger partial charge on any atom is -0.465 e. The molecule has 1 atom stereocenters. The molecule has 0 fully saturated rings. The number of nitrogens with one attached hydrogen (secondary N) is 4. The molecule has 0 rings (SSSR count). The first-order valence-electron chi connectivity index (χ1n) is 22.5. The molecule has 0 aliphatic rings. The van der Waals surface area contributed by atoms with Gasteiger partial charge in [-0.15, -0.1) is 23.5 Å². The van der Waals surface area contributed by atoms with Crippen LogP contribution in [-0.2, 0) is 23.5 Å². The normalized spacial score (nSPS) is 13.4. The van der Waals surface area contributed by atoms with Crippen LogP contribution < -0.4 is 21.3 Å². The highest BCUT2D eigenvalue weighted by molar-refractivity contribution is 8.16. The second-order valence-corrected chi connectivity index (χ2v) is 24.4. The van der Waals surface area contributed by atoms with Gasteiger partial charge in [0, 0.05) is 61.1 Å². The van der Waals surface area contributed by atoms with Crippen LogP contribution in [0.15, 0.2) is 60.8 Å². The minimum atomic E-state index is -2.38. The van der Waals surface area contributed by atoms with Gasteiger partial charge in [0.1, 0.15) is 6.10 Å². The van der Waals surface area contributed by atoms with Crippen LogP contribution in [0.4, 0.5) is 0 Å². The van der Waals surface area contributed by atoms with Gasteiger partial charge in [-0.2, -0.15) is 0 Å². The van der Waals surface area contributed by atoms with Crippen LogP contribution >= 0.6 is 23.5 Å². The van der Waals surface area contributed by atoms with Gasteiger partial charge in [0.15, 0.2) is 8.32 Å². The molecule has 0 aromatic carbocycles. The van der Waals surface area contributed by atoms with Crippen molar-refractivity contribution in [1.82, 2.24) is 21.3 Å². The quantitative estimate of drug-likeness (QED) is 0.0134. The summed E-state index contributed by atoms with van der Waals surface area (Å²) in [4.78, 5) is 38.9. The van der Waals surface area contributed by atoms with Crippen molar-refractivity contribution in [2.45, 2.75) is 143 Å². The average molecular weight is 895 g/mol. The van der Waals surface area contributed by atoms with Gasteiger partial charge in [-0.1, -0.05) is 102 Å². The number of hydrogen-bond donors (Lipinski definition) is 5. The van der Waals surface area contributed by atoms with Crippen molar-refractivity contribution < 1.29 is 28.7 Å². The number of amides is 2. The Bertz CT molecular complexity index is 1270. The fourth-order valence-electron chi connectivity index (χ4n) is 5.20. The Morgan fingerprint density at radius 2 is 1.22 bits per heavy atom. The zero-order chi connectivity index (χ0) is 44.8. The lowest BCUT2D eigenvalue weighted by atomic mass is 9.87. The predicted molar refractivity (Wildman–Crippen MR) is 262 cm³/mol. The van der Waals surface area contributed by atoms with Crippen molar-refractivity contribution in [3.05, 3.63) is 60.8 Å². The monoisotopic (exact) mass is 895 g/mol. The molecule has 60 heavy (non-hydrogen) atoms. The first kappa shape index (κ1) is 57.9. The van der Waals surface area contributed by atoms with E-state index < -0.39 is 19.8 Å².